The molecule has 1 aromatic heterocycles. The van der Waals surface area contributed by atoms with Crippen LogP contribution in [0.3, 0.4) is 0 Å². The van der Waals surface area contributed by atoms with Crippen molar-refractivity contribution in [3.63, 3.8) is 0 Å². The molecule has 4 aliphatic rings. The van der Waals surface area contributed by atoms with Crippen LogP contribution in [-0.2, 0) is 37.4 Å². The van der Waals surface area contributed by atoms with Crippen LogP contribution in [0.15, 0.2) is 66.9 Å². The second kappa shape index (κ2) is 13.2. The summed E-state index contributed by atoms with van der Waals surface area (Å²) in [4.78, 5) is 37.8. The van der Waals surface area contributed by atoms with Crippen LogP contribution in [0.2, 0.25) is 0 Å². The van der Waals surface area contributed by atoms with Crippen LogP contribution in [0.1, 0.15) is 57.4 Å². The number of benzene rings is 2. The highest BCUT2D eigenvalue weighted by Gasteiger charge is 2.54. The Bertz CT molecular complexity index is 1660. The highest BCUT2D eigenvalue weighted by Crippen LogP contribution is 2.55. The summed E-state index contributed by atoms with van der Waals surface area (Å²) in [6, 6.07) is 18.7. The number of aliphatic carboxylic acids is 1. The number of hydrogen-bond donors (Lipinski definition) is 4. The van der Waals surface area contributed by atoms with Gasteiger partial charge in [0.1, 0.15) is 5.54 Å². The molecule has 7 rings (SSSR count). The minimum Gasteiger partial charge on any atom is -0.481 e. The molecule has 2 aromatic carbocycles. The largest absolute Gasteiger partial charge is 0.481 e. The van der Waals surface area contributed by atoms with Crippen LogP contribution >= 0.6 is 0 Å². The Hall–Kier alpha value is -3.70. The molecule has 4 saturated carbocycles. The van der Waals surface area contributed by atoms with E-state index in [1.54, 1.807) is 6.92 Å². The Morgan fingerprint density at radius 3 is 2.24 bits per heavy atom. The van der Waals surface area contributed by atoms with Gasteiger partial charge >= 0.3 is 5.97 Å². The normalized spacial score (nSPS) is 25.5. The van der Waals surface area contributed by atoms with Gasteiger partial charge in [-0.1, -0.05) is 48.5 Å². The zero-order valence-corrected chi connectivity index (χ0v) is 27.0. The highest BCUT2D eigenvalue weighted by molar-refractivity contribution is 7.90. The quantitative estimate of drug-likeness (QED) is 0.209. The molecule has 10 nitrogen and oxygen atoms in total. The summed E-state index contributed by atoms with van der Waals surface area (Å²) in [7, 11) is -3.89. The van der Waals surface area contributed by atoms with Gasteiger partial charge in [-0.15, -0.1) is 0 Å². The number of carboxylic acids is 1. The highest BCUT2D eigenvalue weighted by atomic mass is 32.2. The fraction of sp³-hybridized carbons (Fsp3) is 0.514. The van der Waals surface area contributed by atoms with Crippen molar-refractivity contribution in [1.29, 1.82) is 0 Å². The molecule has 4 fully saturated rings. The van der Waals surface area contributed by atoms with Crippen molar-refractivity contribution in [2.24, 2.45) is 23.7 Å². The van der Waals surface area contributed by atoms with Crippen molar-refractivity contribution in [3.8, 4) is 0 Å². The Morgan fingerprint density at radius 1 is 0.913 bits per heavy atom. The number of amides is 2. The molecule has 2 atom stereocenters. The summed E-state index contributed by atoms with van der Waals surface area (Å²) in [5.74, 6) is -0.541. The van der Waals surface area contributed by atoms with E-state index in [4.69, 9.17) is 5.11 Å². The number of hydrogen-bond acceptors (Lipinski definition) is 5. The van der Waals surface area contributed by atoms with Gasteiger partial charge in [0.2, 0.25) is 21.8 Å². The molecule has 0 aliphatic heterocycles. The molecule has 46 heavy (non-hydrogen) atoms. The number of sulfonamides is 1. The molecule has 0 unspecified atom stereocenters. The number of fused-ring (bicyclic) bond motifs is 1. The van der Waals surface area contributed by atoms with E-state index in [0.717, 1.165) is 42.1 Å². The third kappa shape index (κ3) is 7.15. The predicted molar refractivity (Wildman–Crippen MR) is 175 cm³/mol. The lowest BCUT2D eigenvalue weighted by molar-refractivity contribution is -0.138. The van der Waals surface area contributed by atoms with Gasteiger partial charge in [-0.05, 0) is 92.2 Å². The SMILES string of the molecule is C[C@](Cn1ccc2ccccc21)(NS(=O)(=O)C1C2CC3CC(C2)CC1C3)C(=O)N[C@@H](CNC(=O)CCC(=O)O)Cc1ccccc1. The predicted octanol–water partition coefficient (Wildman–Crippen LogP) is 3.85. The topological polar surface area (TPSA) is 147 Å². The minimum absolute atomic E-state index is 0.0594. The number of rotatable bonds is 14. The van der Waals surface area contributed by atoms with E-state index in [1.807, 2.05) is 71.4 Å². The van der Waals surface area contributed by atoms with Crippen molar-refractivity contribution >= 4 is 38.7 Å². The first kappa shape index (κ1) is 32.2. The van der Waals surface area contributed by atoms with Crippen molar-refractivity contribution in [2.75, 3.05) is 6.54 Å². The number of nitrogens with zero attached hydrogens (tertiary/aromatic N) is 1. The molecule has 3 aromatic rings. The Kier molecular flexibility index (Phi) is 9.25. The van der Waals surface area contributed by atoms with Crippen molar-refractivity contribution in [1.82, 2.24) is 19.9 Å². The zero-order chi connectivity index (χ0) is 32.5. The monoisotopic (exact) mass is 648 g/mol. The maximum absolute atomic E-state index is 14.4. The number of carboxylic acid groups (broad SMARTS) is 1. The van der Waals surface area contributed by atoms with Gasteiger partial charge in [0.05, 0.1) is 24.3 Å². The van der Waals surface area contributed by atoms with Crippen LogP contribution in [0.4, 0.5) is 0 Å². The van der Waals surface area contributed by atoms with Crippen molar-refractivity contribution in [3.05, 3.63) is 72.4 Å². The lowest BCUT2D eigenvalue weighted by Crippen LogP contribution is -2.65. The molecule has 4 aliphatic carbocycles. The van der Waals surface area contributed by atoms with Gasteiger partial charge < -0.3 is 20.3 Å². The summed E-state index contributed by atoms with van der Waals surface area (Å²) in [6.45, 7) is 1.78. The van der Waals surface area contributed by atoms with Crippen molar-refractivity contribution in [2.45, 2.75) is 81.7 Å². The fourth-order valence-corrected chi connectivity index (χ4v) is 10.9. The van der Waals surface area contributed by atoms with Gasteiger partial charge in [-0.2, -0.15) is 4.72 Å². The maximum atomic E-state index is 14.4. The summed E-state index contributed by atoms with van der Waals surface area (Å²) < 4.78 is 33.6. The third-order valence-corrected chi connectivity index (χ3v) is 12.5. The minimum atomic E-state index is -3.89. The third-order valence-electron chi connectivity index (χ3n) is 10.3. The molecule has 0 saturated heterocycles. The van der Waals surface area contributed by atoms with Gasteiger partial charge in [0.25, 0.3) is 0 Å². The maximum Gasteiger partial charge on any atom is 0.303 e. The van der Waals surface area contributed by atoms with E-state index in [0.29, 0.717) is 18.3 Å². The first-order chi connectivity index (χ1) is 22.0. The molecular formula is C35H44N4O6S. The summed E-state index contributed by atoms with van der Waals surface area (Å²) >= 11 is 0. The first-order valence-electron chi connectivity index (χ1n) is 16.4. The molecule has 11 heteroatoms. The van der Waals surface area contributed by atoms with Gasteiger partial charge in [-0.3, -0.25) is 14.4 Å². The van der Waals surface area contributed by atoms with Crippen LogP contribution in [-0.4, -0.2) is 59.3 Å². The van der Waals surface area contributed by atoms with Gasteiger partial charge in [0, 0.05) is 24.7 Å². The van der Waals surface area contributed by atoms with E-state index in [9.17, 15) is 22.8 Å². The standard InChI is InChI=1S/C35H44N4O6S/c1-35(22-39-14-13-26-9-5-6-10-30(26)39,38-46(44,45)33-27-16-24-15-25(18-27)19-28(33)17-24)34(43)37-29(20-23-7-3-2-4-8-23)21-36-31(40)11-12-32(41)42/h2-10,13-14,24-25,27-29,33,38H,11-12,15-22H2,1H3,(H,36,40)(H,37,43)(H,41,42)/t24?,25?,27?,28?,29-,33?,35-/m1/s1. The molecule has 2 amide bonds. The average Bonchev–Trinajstić information content (AvgIpc) is 3.40. The second-order valence-corrected chi connectivity index (χ2v) is 15.8. The van der Waals surface area contributed by atoms with Crippen molar-refractivity contribution < 1.29 is 27.9 Å². The lowest BCUT2D eigenvalue weighted by atomic mass is 9.56. The van der Waals surface area contributed by atoms with Crippen LogP contribution < -0.4 is 15.4 Å². The molecule has 0 radical (unpaired) electrons. The van der Waals surface area contributed by atoms with E-state index in [2.05, 4.69) is 15.4 Å². The summed E-state index contributed by atoms with van der Waals surface area (Å²) in [5.41, 5.74) is 0.277. The van der Waals surface area contributed by atoms with E-state index < -0.39 is 44.6 Å². The lowest BCUT2D eigenvalue weighted by Gasteiger charge is -2.54. The molecule has 4 N–H and O–H groups in total. The Labute approximate surface area is 270 Å². The average molecular weight is 649 g/mol. The molecule has 0 spiro atoms. The van der Waals surface area contributed by atoms with Gasteiger partial charge in [0.15, 0.2) is 0 Å². The summed E-state index contributed by atoms with van der Waals surface area (Å²) in [5, 5.41) is 15.3. The van der Waals surface area contributed by atoms with E-state index in [1.165, 1.54) is 6.42 Å². The van der Waals surface area contributed by atoms with Crippen LogP contribution in [0, 0.1) is 23.7 Å². The molecule has 4 bridgehead atoms. The second-order valence-electron chi connectivity index (χ2n) is 13.9. The molecule has 246 valence electrons. The molecule has 1 heterocycles. The molecular weight excluding hydrogens is 604 g/mol. The fourth-order valence-electron chi connectivity index (χ4n) is 8.50. The summed E-state index contributed by atoms with van der Waals surface area (Å²) in [6.07, 6.45) is 6.74. The van der Waals surface area contributed by atoms with E-state index >= 15 is 0 Å². The number of carbonyl (C=O) groups is 3. The van der Waals surface area contributed by atoms with Crippen LogP contribution in [0.5, 0.6) is 0 Å². The van der Waals surface area contributed by atoms with Crippen LogP contribution in [0.25, 0.3) is 10.9 Å². The smallest absolute Gasteiger partial charge is 0.303 e. The van der Waals surface area contributed by atoms with E-state index in [-0.39, 0.29) is 37.8 Å². The zero-order valence-electron chi connectivity index (χ0n) is 26.2. The number of aromatic nitrogens is 1. The number of carbonyl (C=O) groups excluding carboxylic acids is 2. The van der Waals surface area contributed by atoms with Gasteiger partial charge in [-0.25, -0.2) is 8.42 Å². The Morgan fingerprint density at radius 2 is 1.57 bits per heavy atom. The Balaban J connectivity index is 1.27. The number of para-hydroxylation sites is 1. The number of nitrogens with one attached hydrogen (secondary N) is 3. The first-order valence-corrected chi connectivity index (χ1v) is 17.9.